The maximum atomic E-state index is 13.7. The van der Waals surface area contributed by atoms with E-state index in [4.69, 9.17) is 0 Å². The summed E-state index contributed by atoms with van der Waals surface area (Å²) in [5, 5.41) is 56.1. The topological polar surface area (TPSA) is 233 Å². The highest BCUT2D eigenvalue weighted by atomic mass is 32.2. The standard InChI is InChI=1S/C40H28N2O12S2/c43-31-19-27(41(23-7-3-1-4-8-23)24-9-5-2-6-10-24)20-32(44)35(31)37-39(47)38(40(37)48)36-33(45)21-28(22-34(36)46)42(25-11-15-29(16-12-25)55(49,50)51)26-13-17-30(18-14-26)56(52,53)54/h1-22H,(H6,43,44,45,46,47,48,49,50,51,52,53,54)/p+1. The van der Waals surface area contributed by atoms with E-state index in [1.807, 2.05) is 60.7 Å². The third-order valence-electron chi connectivity index (χ3n) is 8.92. The van der Waals surface area contributed by atoms with Crippen molar-refractivity contribution in [3.63, 3.8) is 0 Å². The van der Waals surface area contributed by atoms with Gasteiger partial charge in [0.15, 0.2) is 0 Å². The molecule has 282 valence electrons. The summed E-state index contributed by atoms with van der Waals surface area (Å²) in [7, 11) is -9.16. The molecule has 0 saturated carbocycles. The van der Waals surface area contributed by atoms with Crippen LogP contribution in [0.25, 0.3) is 5.57 Å². The van der Waals surface area contributed by atoms with E-state index in [1.54, 1.807) is 4.58 Å². The lowest BCUT2D eigenvalue weighted by Gasteiger charge is -2.28. The second-order valence-corrected chi connectivity index (χ2v) is 15.3. The van der Waals surface area contributed by atoms with Gasteiger partial charge < -0.3 is 30.4 Å². The lowest BCUT2D eigenvalue weighted by molar-refractivity contribution is -0.111. The van der Waals surface area contributed by atoms with Crippen LogP contribution < -0.4 is 9.48 Å². The summed E-state index contributed by atoms with van der Waals surface area (Å²) in [6, 6.07) is 29.8. The number of hydrogen-bond acceptors (Lipinski definition) is 11. The van der Waals surface area contributed by atoms with Gasteiger partial charge in [-0.2, -0.15) is 21.4 Å². The van der Waals surface area contributed by atoms with Gasteiger partial charge in [-0.05, 0) is 48.5 Å². The molecule has 0 spiro atoms. The van der Waals surface area contributed by atoms with Gasteiger partial charge in [-0.15, -0.1) is 0 Å². The number of rotatable bonds is 8. The molecule has 2 aliphatic carbocycles. The molecule has 0 aromatic heterocycles. The average molecular weight is 794 g/mol. The number of aliphatic hydroxyl groups is 3. The number of anilines is 3. The fraction of sp³-hybridized carbons (Fsp3) is 0. The van der Waals surface area contributed by atoms with Crippen LogP contribution in [0.2, 0.25) is 0 Å². The molecule has 0 saturated heterocycles. The van der Waals surface area contributed by atoms with E-state index < -0.39 is 81.3 Å². The highest BCUT2D eigenvalue weighted by Gasteiger charge is 2.43. The zero-order valence-corrected chi connectivity index (χ0v) is 30.2. The van der Waals surface area contributed by atoms with E-state index in [2.05, 4.69) is 0 Å². The van der Waals surface area contributed by atoms with Gasteiger partial charge in [-0.25, -0.2) is 0 Å². The number of carbonyl (C=O) groups is 1. The van der Waals surface area contributed by atoms with Crippen molar-refractivity contribution < 1.29 is 56.3 Å². The molecule has 56 heavy (non-hydrogen) atoms. The summed E-state index contributed by atoms with van der Waals surface area (Å²) in [4.78, 5) is 14.1. The predicted molar refractivity (Wildman–Crippen MR) is 206 cm³/mol. The van der Waals surface area contributed by atoms with Crippen molar-refractivity contribution in [1.29, 1.82) is 0 Å². The van der Waals surface area contributed by atoms with E-state index in [0.29, 0.717) is 17.1 Å². The van der Waals surface area contributed by atoms with Gasteiger partial charge in [-0.1, -0.05) is 36.4 Å². The number of para-hydroxylation sites is 2. The Labute approximate surface area is 319 Å². The molecule has 0 atom stereocenters. The summed E-state index contributed by atoms with van der Waals surface area (Å²) in [5.41, 5.74) is 0.210. The van der Waals surface area contributed by atoms with Crippen LogP contribution in [0.5, 0.6) is 11.5 Å². The zero-order valence-electron chi connectivity index (χ0n) is 28.6. The Morgan fingerprint density at radius 1 is 0.500 bits per heavy atom. The number of phenols is 2. The summed E-state index contributed by atoms with van der Waals surface area (Å²) in [6.07, 6.45) is 2.62. The molecule has 7 rings (SSSR count). The number of allylic oxidation sites excluding steroid dienone is 4. The van der Waals surface area contributed by atoms with Crippen molar-refractivity contribution in [3.8, 4) is 11.5 Å². The first kappa shape index (κ1) is 37.3. The molecule has 16 heteroatoms. The number of benzene rings is 5. The second-order valence-electron chi connectivity index (χ2n) is 12.4. The summed E-state index contributed by atoms with van der Waals surface area (Å²) in [6.45, 7) is 0. The third-order valence-corrected chi connectivity index (χ3v) is 10.7. The molecular formula is C40H29N2O12S2+. The Bertz CT molecular complexity index is 2660. The van der Waals surface area contributed by atoms with E-state index >= 15 is 0 Å². The maximum Gasteiger partial charge on any atom is 0.294 e. The second kappa shape index (κ2) is 14.0. The molecule has 2 aliphatic rings. The van der Waals surface area contributed by atoms with E-state index in [9.17, 15) is 56.3 Å². The van der Waals surface area contributed by atoms with Gasteiger partial charge in [0, 0.05) is 47.8 Å². The van der Waals surface area contributed by atoms with Crippen molar-refractivity contribution >= 4 is 65.7 Å². The first-order valence-electron chi connectivity index (χ1n) is 16.4. The van der Waals surface area contributed by atoms with Crippen molar-refractivity contribution in [2.45, 2.75) is 9.79 Å². The number of aliphatic hydroxyl groups excluding tert-OH is 3. The number of phenolic OH excluding ortho intramolecular Hbond substituents is 2. The minimum absolute atomic E-state index is 0.00806. The van der Waals surface area contributed by atoms with Crippen LogP contribution in [0.3, 0.4) is 0 Å². The van der Waals surface area contributed by atoms with Crippen LogP contribution in [0.15, 0.2) is 172 Å². The maximum absolute atomic E-state index is 13.7. The van der Waals surface area contributed by atoms with Gasteiger partial charge in [-0.3, -0.25) is 13.9 Å². The van der Waals surface area contributed by atoms with Crippen LogP contribution >= 0.6 is 0 Å². The van der Waals surface area contributed by atoms with Gasteiger partial charge in [0.25, 0.3) is 20.2 Å². The first-order chi connectivity index (χ1) is 26.5. The van der Waals surface area contributed by atoms with Gasteiger partial charge in [0.2, 0.25) is 22.9 Å². The lowest BCUT2D eigenvalue weighted by atomic mass is 9.78. The van der Waals surface area contributed by atoms with Crippen molar-refractivity contribution in [3.05, 3.63) is 167 Å². The largest absolute Gasteiger partial charge is 0.507 e. The number of nitrogens with zero attached hydrogens (tertiary/aromatic N) is 2. The van der Waals surface area contributed by atoms with Crippen LogP contribution in [-0.4, -0.2) is 63.0 Å². The molecule has 0 unspecified atom stereocenters. The van der Waals surface area contributed by atoms with Crippen molar-refractivity contribution in [2.75, 3.05) is 4.90 Å². The Morgan fingerprint density at radius 2 is 0.911 bits per heavy atom. The summed E-state index contributed by atoms with van der Waals surface area (Å²) < 4.78 is 67.4. The fourth-order valence-electron chi connectivity index (χ4n) is 6.41. The lowest BCUT2D eigenvalue weighted by Crippen LogP contribution is -2.26. The third kappa shape index (κ3) is 6.80. The minimum Gasteiger partial charge on any atom is -0.507 e. The zero-order chi connectivity index (χ0) is 40.1. The van der Waals surface area contributed by atoms with Gasteiger partial charge in [0.05, 0.1) is 49.9 Å². The van der Waals surface area contributed by atoms with Crippen LogP contribution in [0.1, 0.15) is 5.56 Å². The molecule has 7 N–H and O–H groups in total. The van der Waals surface area contributed by atoms with Crippen LogP contribution in [0.4, 0.5) is 28.4 Å². The predicted octanol–water partition coefficient (Wildman–Crippen LogP) is 7.08. The highest BCUT2D eigenvalue weighted by molar-refractivity contribution is 7.86. The normalized spacial score (nSPS) is 14.6. The van der Waals surface area contributed by atoms with E-state index in [1.165, 1.54) is 41.3 Å². The number of Topliss-reactive ketones (excluding diaryl/α,β-unsaturated/α-hetero) is 1. The molecule has 0 bridgehead atoms. The Kier molecular flexibility index (Phi) is 9.35. The summed E-state index contributed by atoms with van der Waals surface area (Å²) >= 11 is 0. The Balaban J connectivity index is 1.31. The SMILES string of the molecule is O=C1C(=C2C(O)=CC(=[N+](c3ccccc3)c3ccccc3)C=C2O)C(O)=C1c1c(O)cc(N(c2ccc(S(=O)(=O)O)cc2)c2ccc(S(=O)(=O)O)cc2)cc1O. The Morgan fingerprint density at radius 3 is 1.29 bits per heavy atom. The number of ketones is 1. The van der Waals surface area contributed by atoms with Crippen molar-refractivity contribution in [1.82, 2.24) is 4.58 Å². The van der Waals surface area contributed by atoms with Gasteiger partial charge in [0.1, 0.15) is 28.8 Å². The Hall–Kier alpha value is -6.98. The molecule has 0 fully saturated rings. The van der Waals surface area contributed by atoms with E-state index in [-0.39, 0.29) is 22.6 Å². The molecule has 5 aromatic carbocycles. The molecule has 0 aliphatic heterocycles. The summed E-state index contributed by atoms with van der Waals surface area (Å²) in [5.74, 6) is -4.20. The van der Waals surface area contributed by atoms with Crippen LogP contribution in [-0.2, 0) is 25.0 Å². The van der Waals surface area contributed by atoms with E-state index in [0.717, 1.165) is 36.4 Å². The average Bonchev–Trinajstić information content (AvgIpc) is 3.15. The fourth-order valence-corrected chi connectivity index (χ4v) is 7.37. The molecule has 5 aromatic rings. The van der Waals surface area contributed by atoms with Crippen molar-refractivity contribution in [2.24, 2.45) is 0 Å². The van der Waals surface area contributed by atoms with Gasteiger partial charge >= 0.3 is 0 Å². The number of hydrogen-bond donors (Lipinski definition) is 7. The highest BCUT2D eigenvalue weighted by Crippen LogP contribution is 2.49. The van der Waals surface area contributed by atoms with Crippen LogP contribution in [0, 0.1) is 0 Å². The molecular weight excluding hydrogens is 765 g/mol. The molecule has 0 amide bonds. The number of aromatic hydroxyl groups is 2. The minimum atomic E-state index is -4.58. The monoisotopic (exact) mass is 793 g/mol. The smallest absolute Gasteiger partial charge is 0.294 e. The first-order valence-corrected chi connectivity index (χ1v) is 19.3. The number of carbonyl (C=O) groups excluding carboxylic acids is 1. The molecule has 0 radical (unpaired) electrons. The molecule has 14 nitrogen and oxygen atoms in total. The molecule has 0 heterocycles. The quantitative estimate of drug-likeness (QED) is 0.0473.